The molecule has 14 heavy (non-hydrogen) atoms. The summed E-state index contributed by atoms with van der Waals surface area (Å²) in [6.45, 7) is 0.133. The van der Waals surface area contributed by atoms with Crippen LogP contribution in [0.5, 0.6) is 0 Å². The van der Waals surface area contributed by atoms with Gasteiger partial charge in [0.1, 0.15) is 0 Å². The van der Waals surface area contributed by atoms with E-state index in [0.717, 1.165) is 0 Å². The molecule has 7 heteroatoms. The number of hydrogen-bond donors (Lipinski definition) is 2. The van der Waals surface area contributed by atoms with Gasteiger partial charge in [-0.05, 0) is 12.8 Å². The van der Waals surface area contributed by atoms with Crippen LogP contribution in [0.3, 0.4) is 0 Å². The molecule has 0 aromatic rings. The molecule has 1 heterocycles. The summed E-state index contributed by atoms with van der Waals surface area (Å²) >= 11 is 0. The molecule has 3 N–H and O–H groups in total. The monoisotopic (exact) mass is 240 g/mol. The molecule has 0 aromatic carbocycles. The lowest BCUT2D eigenvalue weighted by Crippen LogP contribution is -2.41. The Morgan fingerprint density at radius 1 is 1.36 bits per heavy atom. The lowest BCUT2D eigenvalue weighted by Gasteiger charge is -2.22. The van der Waals surface area contributed by atoms with Crippen LogP contribution in [0.4, 0.5) is 0 Å². The van der Waals surface area contributed by atoms with Gasteiger partial charge in [0, 0.05) is 34.9 Å². The molecule has 0 bridgehead atoms. The Morgan fingerprint density at radius 3 is 2.43 bits per heavy atom. The predicted molar refractivity (Wildman–Crippen MR) is 56.9 cm³/mol. The number of hydrogen-bond acceptors (Lipinski definition) is 4. The van der Waals surface area contributed by atoms with Gasteiger partial charge in [0.2, 0.25) is 10.0 Å². The Labute approximate surface area is 86.9 Å². The summed E-state index contributed by atoms with van der Waals surface area (Å²) < 4.78 is 36.2. The standard InChI is InChI=1S/C7H16N2O3S2/c8-3-6-14(11,12)9-7-1-4-13(10)5-2-7/h7,9H,1-6,8H2. The highest BCUT2D eigenvalue weighted by Crippen LogP contribution is 2.09. The summed E-state index contributed by atoms with van der Waals surface area (Å²) in [5, 5.41) is 0. The van der Waals surface area contributed by atoms with E-state index in [4.69, 9.17) is 5.73 Å². The molecule has 1 aliphatic rings. The summed E-state index contributed by atoms with van der Waals surface area (Å²) in [6.07, 6.45) is 1.33. The Balaban J connectivity index is 2.41. The highest BCUT2D eigenvalue weighted by molar-refractivity contribution is 7.89. The van der Waals surface area contributed by atoms with Crippen LogP contribution in [-0.4, -0.2) is 42.5 Å². The van der Waals surface area contributed by atoms with E-state index in [1.807, 2.05) is 0 Å². The molecule has 0 saturated carbocycles. The number of nitrogens with two attached hydrogens (primary N) is 1. The topological polar surface area (TPSA) is 89.3 Å². The van der Waals surface area contributed by atoms with Crippen molar-refractivity contribution in [3.8, 4) is 0 Å². The van der Waals surface area contributed by atoms with E-state index < -0.39 is 20.8 Å². The van der Waals surface area contributed by atoms with Gasteiger partial charge in [-0.3, -0.25) is 4.21 Å². The fourth-order valence-corrected chi connectivity index (χ4v) is 3.85. The third-order valence-electron chi connectivity index (χ3n) is 2.12. The maximum atomic E-state index is 11.3. The second-order valence-corrected chi connectivity index (χ2v) is 6.92. The zero-order chi connectivity index (χ0) is 10.6. The van der Waals surface area contributed by atoms with E-state index in [2.05, 4.69) is 4.72 Å². The van der Waals surface area contributed by atoms with E-state index in [9.17, 15) is 12.6 Å². The Hall–Kier alpha value is 0.0200. The Bertz CT molecular complexity index is 292. The van der Waals surface area contributed by atoms with Crippen LogP contribution in [0.2, 0.25) is 0 Å². The number of nitrogens with one attached hydrogen (secondary N) is 1. The Kier molecular flexibility index (Phi) is 4.49. The van der Waals surface area contributed by atoms with Crippen molar-refractivity contribution in [3.63, 3.8) is 0 Å². The van der Waals surface area contributed by atoms with Crippen molar-refractivity contribution in [1.29, 1.82) is 0 Å². The molecular formula is C7H16N2O3S2. The molecule has 84 valence electrons. The lowest BCUT2D eigenvalue weighted by molar-refractivity contribution is 0.522. The molecule has 0 aliphatic carbocycles. The summed E-state index contributed by atoms with van der Waals surface area (Å²) in [5.41, 5.74) is 5.17. The van der Waals surface area contributed by atoms with Gasteiger partial charge in [-0.2, -0.15) is 0 Å². The first-order valence-electron chi connectivity index (χ1n) is 4.58. The first kappa shape index (κ1) is 12.1. The summed E-state index contributed by atoms with van der Waals surface area (Å²) in [6, 6.07) is -0.0516. The Morgan fingerprint density at radius 2 is 1.93 bits per heavy atom. The van der Waals surface area contributed by atoms with Crippen LogP contribution in [-0.2, 0) is 20.8 Å². The maximum Gasteiger partial charge on any atom is 0.213 e. The minimum Gasteiger partial charge on any atom is -0.329 e. The van der Waals surface area contributed by atoms with Crippen molar-refractivity contribution in [3.05, 3.63) is 0 Å². The molecule has 1 fully saturated rings. The fourth-order valence-electron chi connectivity index (χ4n) is 1.38. The van der Waals surface area contributed by atoms with Gasteiger partial charge in [0.25, 0.3) is 0 Å². The van der Waals surface area contributed by atoms with E-state index in [1.54, 1.807) is 0 Å². The highest BCUT2D eigenvalue weighted by atomic mass is 32.2. The first-order chi connectivity index (χ1) is 6.53. The first-order valence-corrected chi connectivity index (χ1v) is 7.72. The van der Waals surface area contributed by atoms with Crippen LogP contribution in [0.15, 0.2) is 0 Å². The smallest absolute Gasteiger partial charge is 0.213 e. The van der Waals surface area contributed by atoms with Crippen molar-refractivity contribution in [2.24, 2.45) is 5.73 Å². The van der Waals surface area contributed by atoms with Gasteiger partial charge >= 0.3 is 0 Å². The van der Waals surface area contributed by atoms with Crippen molar-refractivity contribution in [2.45, 2.75) is 18.9 Å². The minimum atomic E-state index is -3.22. The van der Waals surface area contributed by atoms with E-state index in [1.165, 1.54) is 0 Å². The quantitative estimate of drug-likeness (QED) is 0.644. The minimum absolute atomic E-state index is 0.0351. The highest BCUT2D eigenvalue weighted by Gasteiger charge is 2.21. The largest absolute Gasteiger partial charge is 0.329 e. The molecule has 0 aromatic heterocycles. The van der Waals surface area contributed by atoms with Gasteiger partial charge in [-0.25, -0.2) is 13.1 Å². The van der Waals surface area contributed by atoms with Crippen LogP contribution in [0.1, 0.15) is 12.8 Å². The molecular weight excluding hydrogens is 224 g/mol. The SMILES string of the molecule is NCCS(=O)(=O)NC1CCS(=O)CC1. The van der Waals surface area contributed by atoms with Gasteiger partial charge in [0.05, 0.1) is 5.75 Å². The summed E-state index contributed by atoms with van der Waals surface area (Å²) in [5.74, 6) is 1.15. The van der Waals surface area contributed by atoms with Crippen molar-refractivity contribution < 1.29 is 12.6 Å². The van der Waals surface area contributed by atoms with Crippen molar-refractivity contribution >= 4 is 20.8 Å². The van der Waals surface area contributed by atoms with Crippen LogP contribution in [0.25, 0.3) is 0 Å². The maximum absolute atomic E-state index is 11.3. The summed E-state index contributed by atoms with van der Waals surface area (Å²) in [7, 11) is -3.98. The number of sulfonamides is 1. The third-order valence-corrected chi connectivity index (χ3v) is 4.97. The molecule has 0 amide bonds. The van der Waals surface area contributed by atoms with Gasteiger partial charge in [-0.1, -0.05) is 0 Å². The molecule has 1 rings (SSSR count). The zero-order valence-electron chi connectivity index (χ0n) is 7.94. The predicted octanol–water partition coefficient (Wildman–Crippen LogP) is -1.22. The molecule has 1 saturated heterocycles. The van der Waals surface area contributed by atoms with E-state index in [0.29, 0.717) is 24.3 Å². The lowest BCUT2D eigenvalue weighted by atomic mass is 10.2. The normalized spacial score (nSPS) is 28.9. The second kappa shape index (κ2) is 5.20. The van der Waals surface area contributed by atoms with E-state index in [-0.39, 0.29) is 18.3 Å². The molecule has 1 aliphatic heterocycles. The van der Waals surface area contributed by atoms with E-state index >= 15 is 0 Å². The molecule has 0 radical (unpaired) electrons. The average Bonchev–Trinajstić information content (AvgIpc) is 2.08. The third kappa shape index (κ3) is 4.04. The van der Waals surface area contributed by atoms with Crippen molar-refractivity contribution in [2.75, 3.05) is 23.8 Å². The van der Waals surface area contributed by atoms with Crippen LogP contribution >= 0.6 is 0 Å². The number of rotatable bonds is 4. The fraction of sp³-hybridized carbons (Fsp3) is 1.00. The van der Waals surface area contributed by atoms with Crippen LogP contribution < -0.4 is 10.5 Å². The van der Waals surface area contributed by atoms with Gasteiger partial charge in [0.15, 0.2) is 0 Å². The van der Waals surface area contributed by atoms with Gasteiger partial charge < -0.3 is 5.73 Å². The van der Waals surface area contributed by atoms with Crippen molar-refractivity contribution in [1.82, 2.24) is 4.72 Å². The van der Waals surface area contributed by atoms with Crippen LogP contribution in [0, 0.1) is 0 Å². The zero-order valence-corrected chi connectivity index (χ0v) is 9.57. The second-order valence-electron chi connectivity index (χ2n) is 3.35. The molecule has 0 unspecified atom stereocenters. The summed E-state index contributed by atoms with van der Waals surface area (Å²) in [4.78, 5) is 0. The molecule has 0 atom stereocenters. The molecule has 5 nitrogen and oxygen atoms in total. The average molecular weight is 240 g/mol. The van der Waals surface area contributed by atoms with Gasteiger partial charge in [-0.15, -0.1) is 0 Å². The molecule has 0 spiro atoms.